The van der Waals surface area contributed by atoms with Crippen LogP contribution in [0.5, 0.6) is 0 Å². The summed E-state index contributed by atoms with van der Waals surface area (Å²) in [5.41, 5.74) is 2.09. The van der Waals surface area contributed by atoms with Gasteiger partial charge in [-0.1, -0.05) is 92.3 Å². The van der Waals surface area contributed by atoms with Crippen LogP contribution in [0.25, 0.3) is 0 Å². The summed E-state index contributed by atoms with van der Waals surface area (Å²) >= 11 is 0. The van der Waals surface area contributed by atoms with E-state index in [0.717, 1.165) is 19.3 Å². The second-order valence-corrected chi connectivity index (χ2v) is 6.77. The normalized spacial score (nSPS) is 11.3. The lowest BCUT2D eigenvalue weighted by Crippen LogP contribution is -2.31. The molecule has 0 fully saturated rings. The van der Waals surface area contributed by atoms with Crippen molar-refractivity contribution in [2.45, 2.75) is 31.6 Å². The molecule has 0 aromatic heterocycles. The van der Waals surface area contributed by atoms with E-state index in [0.29, 0.717) is 19.6 Å². The molecule has 3 heteroatoms. The smallest absolute Gasteiger partial charge is 0.0812 e. The van der Waals surface area contributed by atoms with Crippen LogP contribution in [0.1, 0.15) is 37.3 Å². The fourth-order valence-corrected chi connectivity index (χ4v) is 3.40. The molecule has 0 radical (unpaired) electrons. The number of aliphatic hydroxyl groups is 2. The maximum absolute atomic E-state index is 9.22. The van der Waals surface area contributed by atoms with Gasteiger partial charge in [-0.25, -0.2) is 0 Å². The highest BCUT2D eigenvalue weighted by atomic mass is 16.3. The molecule has 0 aliphatic heterocycles. The standard InChI is InChI=1S/C24H31NO2/c1-2-3-15-24(22-11-6-4-7-12-22,23-13-8-5-9-14-23)16-10-17-25(18-20-26)19-21-27/h4-9,11-14,26-27H,2-3,15,17-21H2,1H3. The Kier molecular flexibility index (Phi) is 9.07. The Hall–Kier alpha value is -2.12. The molecule has 2 N–H and O–H groups in total. The van der Waals surface area contributed by atoms with Gasteiger partial charge >= 0.3 is 0 Å². The Balaban J connectivity index is 2.44. The molecule has 0 atom stereocenters. The zero-order valence-corrected chi connectivity index (χ0v) is 16.3. The van der Waals surface area contributed by atoms with Crippen LogP contribution >= 0.6 is 0 Å². The van der Waals surface area contributed by atoms with Gasteiger partial charge in [0.2, 0.25) is 0 Å². The summed E-state index contributed by atoms with van der Waals surface area (Å²) in [6, 6.07) is 21.0. The van der Waals surface area contributed by atoms with Crippen molar-refractivity contribution in [1.29, 1.82) is 0 Å². The Morgan fingerprint density at radius 1 is 0.852 bits per heavy atom. The number of benzene rings is 2. The van der Waals surface area contributed by atoms with Crippen LogP contribution in [0.3, 0.4) is 0 Å². The van der Waals surface area contributed by atoms with E-state index in [1.54, 1.807) is 0 Å². The average molecular weight is 366 g/mol. The first-order chi connectivity index (χ1) is 13.3. The molecule has 0 aliphatic carbocycles. The predicted molar refractivity (Wildman–Crippen MR) is 112 cm³/mol. The Bertz CT molecular complexity index is 658. The van der Waals surface area contributed by atoms with Gasteiger partial charge in [0.25, 0.3) is 0 Å². The number of hydrogen-bond acceptors (Lipinski definition) is 3. The fraction of sp³-hybridized carbons (Fsp3) is 0.417. The van der Waals surface area contributed by atoms with E-state index in [-0.39, 0.29) is 18.6 Å². The van der Waals surface area contributed by atoms with Crippen molar-refractivity contribution in [2.24, 2.45) is 0 Å². The highest BCUT2D eigenvalue weighted by Crippen LogP contribution is 2.36. The van der Waals surface area contributed by atoms with E-state index in [4.69, 9.17) is 0 Å². The second kappa shape index (κ2) is 11.6. The van der Waals surface area contributed by atoms with Crippen molar-refractivity contribution in [3.63, 3.8) is 0 Å². The van der Waals surface area contributed by atoms with Crippen molar-refractivity contribution in [2.75, 3.05) is 32.8 Å². The van der Waals surface area contributed by atoms with Gasteiger partial charge in [-0.05, 0) is 17.5 Å². The molecular formula is C24H31NO2. The SMILES string of the molecule is CCCCC(C#CCN(CCO)CCO)(c1ccccc1)c1ccccc1. The lowest BCUT2D eigenvalue weighted by molar-refractivity contribution is 0.174. The first-order valence-corrected chi connectivity index (χ1v) is 9.82. The van der Waals surface area contributed by atoms with Crippen LogP contribution in [0.4, 0.5) is 0 Å². The van der Waals surface area contributed by atoms with Gasteiger partial charge in [-0.3, -0.25) is 4.90 Å². The molecule has 0 saturated carbocycles. The minimum atomic E-state index is -0.345. The highest BCUT2D eigenvalue weighted by Gasteiger charge is 2.31. The van der Waals surface area contributed by atoms with E-state index in [1.165, 1.54) is 11.1 Å². The number of hydrogen-bond donors (Lipinski definition) is 2. The monoisotopic (exact) mass is 365 g/mol. The molecule has 0 spiro atoms. The quantitative estimate of drug-likeness (QED) is 0.634. The van der Waals surface area contributed by atoms with Crippen molar-refractivity contribution >= 4 is 0 Å². The van der Waals surface area contributed by atoms with E-state index < -0.39 is 0 Å². The largest absolute Gasteiger partial charge is 0.395 e. The number of unbranched alkanes of at least 4 members (excludes halogenated alkanes) is 1. The predicted octanol–water partition coefficient (Wildman–Crippen LogP) is 3.45. The lowest BCUT2D eigenvalue weighted by Gasteiger charge is -2.30. The second-order valence-electron chi connectivity index (χ2n) is 6.77. The Morgan fingerprint density at radius 3 is 1.81 bits per heavy atom. The zero-order chi connectivity index (χ0) is 19.4. The summed E-state index contributed by atoms with van der Waals surface area (Å²) in [6.45, 7) is 3.93. The van der Waals surface area contributed by atoms with Crippen LogP contribution in [-0.2, 0) is 5.41 Å². The molecule has 0 bridgehead atoms. The van der Waals surface area contributed by atoms with E-state index >= 15 is 0 Å². The fourth-order valence-electron chi connectivity index (χ4n) is 3.40. The third-order valence-electron chi connectivity index (χ3n) is 4.88. The van der Waals surface area contributed by atoms with E-state index in [2.05, 4.69) is 67.3 Å². The first-order valence-electron chi connectivity index (χ1n) is 9.82. The van der Waals surface area contributed by atoms with Crippen LogP contribution in [0, 0.1) is 11.8 Å². The van der Waals surface area contributed by atoms with Gasteiger partial charge in [0.15, 0.2) is 0 Å². The molecule has 0 aliphatic rings. The molecule has 27 heavy (non-hydrogen) atoms. The van der Waals surface area contributed by atoms with Crippen LogP contribution in [-0.4, -0.2) is 48.0 Å². The van der Waals surface area contributed by atoms with Gasteiger partial charge in [-0.15, -0.1) is 0 Å². The number of aliphatic hydroxyl groups excluding tert-OH is 2. The van der Waals surface area contributed by atoms with Crippen molar-refractivity contribution in [1.82, 2.24) is 4.90 Å². The average Bonchev–Trinajstić information content (AvgIpc) is 2.72. The molecule has 0 unspecified atom stereocenters. The van der Waals surface area contributed by atoms with Crippen LogP contribution < -0.4 is 0 Å². The minimum absolute atomic E-state index is 0.0695. The number of nitrogens with zero attached hydrogens (tertiary/aromatic N) is 1. The van der Waals surface area contributed by atoms with Gasteiger partial charge in [0, 0.05) is 13.1 Å². The molecule has 0 amide bonds. The molecule has 2 rings (SSSR count). The van der Waals surface area contributed by atoms with E-state index in [1.807, 2.05) is 17.0 Å². The van der Waals surface area contributed by atoms with Gasteiger partial charge in [0.05, 0.1) is 25.2 Å². The highest BCUT2D eigenvalue weighted by molar-refractivity contribution is 5.48. The molecule has 2 aromatic rings. The molecule has 0 saturated heterocycles. The van der Waals surface area contributed by atoms with Gasteiger partial charge < -0.3 is 10.2 Å². The van der Waals surface area contributed by atoms with E-state index in [9.17, 15) is 10.2 Å². The molecule has 2 aromatic carbocycles. The van der Waals surface area contributed by atoms with Crippen molar-refractivity contribution < 1.29 is 10.2 Å². The summed E-state index contributed by atoms with van der Waals surface area (Å²) in [5.74, 6) is 6.95. The third kappa shape index (κ3) is 5.94. The molecule has 3 nitrogen and oxygen atoms in total. The summed E-state index contributed by atoms with van der Waals surface area (Å²) in [6.07, 6.45) is 3.17. The number of rotatable bonds is 10. The third-order valence-corrected chi connectivity index (χ3v) is 4.88. The molecule has 0 heterocycles. The van der Waals surface area contributed by atoms with Gasteiger partial charge in [-0.2, -0.15) is 0 Å². The zero-order valence-electron chi connectivity index (χ0n) is 16.3. The lowest BCUT2D eigenvalue weighted by atomic mass is 9.71. The summed E-state index contributed by atoms with van der Waals surface area (Å²) in [7, 11) is 0. The maximum Gasteiger partial charge on any atom is 0.0812 e. The van der Waals surface area contributed by atoms with Crippen molar-refractivity contribution in [3.05, 3.63) is 71.8 Å². The summed E-state index contributed by atoms with van der Waals surface area (Å²) < 4.78 is 0. The topological polar surface area (TPSA) is 43.7 Å². The first kappa shape index (κ1) is 21.2. The molecule has 144 valence electrons. The van der Waals surface area contributed by atoms with Crippen molar-refractivity contribution in [3.8, 4) is 11.8 Å². The summed E-state index contributed by atoms with van der Waals surface area (Å²) in [5, 5.41) is 18.4. The van der Waals surface area contributed by atoms with Gasteiger partial charge in [0.1, 0.15) is 0 Å². The van der Waals surface area contributed by atoms with Crippen LogP contribution in [0.2, 0.25) is 0 Å². The van der Waals surface area contributed by atoms with Crippen LogP contribution in [0.15, 0.2) is 60.7 Å². The minimum Gasteiger partial charge on any atom is -0.395 e. The Morgan fingerprint density at radius 2 is 1.37 bits per heavy atom. The Labute approximate surface area is 163 Å². The maximum atomic E-state index is 9.22. The summed E-state index contributed by atoms with van der Waals surface area (Å²) in [4.78, 5) is 1.98. The molecular weight excluding hydrogens is 334 g/mol.